The van der Waals surface area contributed by atoms with Crippen molar-refractivity contribution in [2.45, 2.75) is 58.5 Å². The maximum Gasteiger partial charge on any atom is 0.163 e. The van der Waals surface area contributed by atoms with Gasteiger partial charge in [0.05, 0.1) is 17.1 Å². The van der Waals surface area contributed by atoms with E-state index in [0.717, 1.165) is 29.6 Å². The number of nitrogens with zero attached hydrogens (tertiary/aromatic N) is 5. The first-order valence-electron chi connectivity index (χ1n) is 8.19. The minimum Gasteiger partial charge on any atom is -0.383 e. The summed E-state index contributed by atoms with van der Waals surface area (Å²) in [5, 5.41) is 5.57. The molecule has 0 spiro atoms. The summed E-state index contributed by atoms with van der Waals surface area (Å²) in [6, 6.07) is 1.12. The molecule has 1 saturated carbocycles. The second kappa shape index (κ2) is 7.05. The Balaban J connectivity index is 0.000000847. The van der Waals surface area contributed by atoms with Crippen LogP contribution in [0.4, 0.5) is 5.82 Å². The molecule has 1 aliphatic carbocycles. The third-order valence-electron chi connectivity index (χ3n) is 4.44. The zero-order valence-electron chi connectivity index (χ0n) is 14.4. The molecule has 2 aromatic heterocycles. The Morgan fingerprint density at radius 2 is 1.77 bits per heavy atom. The van der Waals surface area contributed by atoms with Crippen LogP contribution in [0.5, 0.6) is 0 Å². The molecule has 0 unspecified atom stereocenters. The Kier molecular flexibility index (Phi) is 5.34. The van der Waals surface area contributed by atoms with Crippen molar-refractivity contribution < 1.29 is 0 Å². The van der Waals surface area contributed by atoms with Gasteiger partial charge in [-0.05, 0) is 46.7 Å². The Morgan fingerprint density at radius 1 is 1.14 bits per heavy atom. The quantitative estimate of drug-likeness (QED) is 0.923. The molecule has 0 atom stereocenters. The summed E-state index contributed by atoms with van der Waals surface area (Å²) in [5.41, 5.74) is 7.75. The zero-order valence-corrected chi connectivity index (χ0v) is 14.4. The smallest absolute Gasteiger partial charge is 0.163 e. The van der Waals surface area contributed by atoms with E-state index in [1.807, 2.05) is 20.8 Å². The minimum absolute atomic E-state index is 0.427. The Hall–Kier alpha value is -1.69. The summed E-state index contributed by atoms with van der Waals surface area (Å²) in [4.78, 5) is 10.8. The first-order valence-corrected chi connectivity index (χ1v) is 8.19. The van der Waals surface area contributed by atoms with Gasteiger partial charge in [0.15, 0.2) is 5.65 Å². The Labute approximate surface area is 132 Å². The number of fused-ring (bicyclic) bond motifs is 1. The number of aryl methyl sites for hydroxylation is 1. The van der Waals surface area contributed by atoms with Crippen molar-refractivity contribution in [2.75, 3.05) is 19.8 Å². The molecule has 0 amide bonds. The zero-order chi connectivity index (χ0) is 16.3. The van der Waals surface area contributed by atoms with E-state index in [-0.39, 0.29) is 0 Å². The third-order valence-corrected chi connectivity index (χ3v) is 4.44. The molecular formula is C16H28N6. The van der Waals surface area contributed by atoms with Gasteiger partial charge in [0.1, 0.15) is 12.1 Å². The molecule has 6 nitrogen and oxygen atoms in total. The average molecular weight is 304 g/mol. The van der Waals surface area contributed by atoms with Crippen molar-refractivity contribution in [3.8, 4) is 0 Å². The fourth-order valence-corrected chi connectivity index (χ4v) is 3.24. The molecule has 2 aromatic rings. The molecule has 0 bridgehead atoms. The van der Waals surface area contributed by atoms with Crippen molar-refractivity contribution in [2.24, 2.45) is 0 Å². The van der Waals surface area contributed by atoms with E-state index in [1.54, 1.807) is 0 Å². The summed E-state index contributed by atoms with van der Waals surface area (Å²) >= 11 is 0. The molecule has 2 N–H and O–H groups in total. The first-order chi connectivity index (χ1) is 10.6. The molecule has 122 valence electrons. The molecule has 0 radical (unpaired) electrons. The highest BCUT2D eigenvalue weighted by Gasteiger charge is 2.26. The van der Waals surface area contributed by atoms with Gasteiger partial charge in [-0.2, -0.15) is 5.10 Å². The van der Waals surface area contributed by atoms with Crippen molar-refractivity contribution >= 4 is 16.9 Å². The van der Waals surface area contributed by atoms with E-state index in [9.17, 15) is 0 Å². The summed E-state index contributed by atoms with van der Waals surface area (Å²) in [5.74, 6) is 0.528. The average Bonchev–Trinajstić information content (AvgIpc) is 2.88. The van der Waals surface area contributed by atoms with Gasteiger partial charge in [-0.1, -0.05) is 13.8 Å². The van der Waals surface area contributed by atoms with Crippen molar-refractivity contribution in [3.63, 3.8) is 0 Å². The predicted octanol–water partition coefficient (Wildman–Crippen LogP) is 2.79. The normalized spacial score (nSPS) is 21.7. The SMILES string of the molecule is CC.Cc1nn(C2CCC(N(C)C)CC2)c2ncnc(N)c12. The lowest BCUT2D eigenvalue weighted by Gasteiger charge is -2.32. The number of hydrogen-bond donors (Lipinski definition) is 1. The molecule has 22 heavy (non-hydrogen) atoms. The van der Waals surface area contributed by atoms with Crippen LogP contribution in [0.2, 0.25) is 0 Å². The van der Waals surface area contributed by atoms with Crippen LogP contribution in [0.15, 0.2) is 6.33 Å². The number of hydrogen-bond acceptors (Lipinski definition) is 5. The number of nitrogens with two attached hydrogens (primary N) is 1. The molecule has 0 aromatic carbocycles. The lowest BCUT2D eigenvalue weighted by molar-refractivity contribution is 0.191. The van der Waals surface area contributed by atoms with E-state index >= 15 is 0 Å². The summed E-state index contributed by atoms with van der Waals surface area (Å²) in [6.45, 7) is 5.98. The van der Waals surface area contributed by atoms with Gasteiger partial charge < -0.3 is 10.6 Å². The predicted molar refractivity (Wildman–Crippen MR) is 90.8 cm³/mol. The van der Waals surface area contributed by atoms with E-state index in [2.05, 4.69) is 38.7 Å². The van der Waals surface area contributed by atoms with Gasteiger partial charge in [-0.3, -0.25) is 0 Å². The number of anilines is 1. The highest BCUT2D eigenvalue weighted by Crippen LogP contribution is 2.33. The van der Waals surface area contributed by atoms with Crippen LogP contribution >= 0.6 is 0 Å². The van der Waals surface area contributed by atoms with Gasteiger partial charge in [-0.25, -0.2) is 14.6 Å². The second-order valence-corrected chi connectivity index (χ2v) is 5.91. The van der Waals surface area contributed by atoms with Crippen LogP contribution in [0.3, 0.4) is 0 Å². The minimum atomic E-state index is 0.427. The number of aromatic nitrogens is 4. The molecule has 2 heterocycles. The first kappa shape index (κ1) is 16.7. The molecule has 6 heteroatoms. The largest absolute Gasteiger partial charge is 0.383 e. The van der Waals surface area contributed by atoms with Crippen LogP contribution in [0.25, 0.3) is 11.0 Å². The monoisotopic (exact) mass is 304 g/mol. The summed E-state index contributed by atoms with van der Waals surface area (Å²) < 4.78 is 2.06. The lowest BCUT2D eigenvalue weighted by atomic mass is 9.90. The highest BCUT2D eigenvalue weighted by molar-refractivity contribution is 5.87. The fourth-order valence-electron chi connectivity index (χ4n) is 3.24. The fraction of sp³-hybridized carbons (Fsp3) is 0.688. The van der Waals surface area contributed by atoms with E-state index in [1.165, 1.54) is 19.2 Å². The van der Waals surface area contributed by atoms with Gasteiger partial charge in [0.2, 0.25) is 0 Å². The topological polar surface area (TPSA) is 72.9 Å². The van der Waals surface area contributed by atoms with Gasteiger partial charge in [-0.15, -0.1) is 0 Å². The molecular weight excluding hydrogens is 276 g/mol. The van der Waals surface area contributed by atoms with Crippen LogP contribution in [-0.2, 0) is 0 Å². The summed E-state index contributed by atoms with van der Waals surface area (Å²) in [6.07, 6.45) is 6.23. The standard InChI is InChI=1S/C14H22N6.C2H6/c1-9-12-13(15)16-8-17-14(12)20(18-9)11-6-4-10(5-7-11)19(2)3;1-2/h8,10-11H,4-7H2,1-3H3,(H2,15,16,17);1-2H3. The van der Waals surface area contributed by atoms with E-state index < -0.39 is 0 Å². The van der Waals surface area contributed by atoms with Crippen LogP contribution in [0, 0.1) is 6.92 Å². The molecule has 1 fully saturated rings. The van der Waals surface area contributed by atoms with Crippen LogP contribution in [-0.4, -0.2) is 44.8 Å². The van der Waals surface area contributed by atoms with Crippen molar-refractivity contribution in [1.82, 2.24) is 24.6 Å². The summed E-state index contributed by atoms with van der Waals surface area (Å²) in [7, 11) is 4.32. The van der Waals surface area contributed by atoms with Crippen molar-refractivity contribution in [3.05, 3.63) is 12.0 Å². The molecule has 1 aliphatic rings. The second-order valence-electron chi connectivity index (χ2n) is 5.91. The Bertz CT molecular complexity index is 610. The van der Waals surface area contributed by atoms with Gasteiger partial charge in [0, 0.05) is 6.04 Å². The van der Waals surface area contributed by atoms with Crippen LogP contribution in [0.1, 0.15) is 51.3 Å². The Morgan fingerprint density at radius 3 is 2.36 bits per heavy atom. The maximum atomic E-state index is 5.95. The third kappa shape index (κ3) is 3.06. The lowest BCUT2D eigenvalue weighted by Crippen LogP contribution is -2.33. The number of nitrogen functional groups attached to an aromatic ring is 1. The molecule has 3 rings (SSSR count). The molecule has 0 aliphatic heterocycles. The molecule has 0 saturated heterocycles. The van der Waals surface area contributed by atoms with Crippen LogP contribution < -0.4 is 5.73 Å². The maximum absolute atomic E-state index is 5.95. The highest BCUT2D eigenvalue weighted by atomic mass is 15.3. The van der Waals surface area contributed by atoms with Gasteiger partial charge in [0.25, 0.3) is 0 Å². The van der Waals surface area contributed by atoms with E-state index in [4.69, 9.17) is 5.73 Å². The number of rotatable bonds is 2. The van der Waals surface area contributed by atoms with E-state index in [0.29, 0.717) is 17.9 Å². The van der Waals surface area contributed by atoms with Crippen molar-refractivity contribution in [1.29, 1.82) is 0 Å². The van der Waals surface area contributed by atoms with Gasteiger partial charge >= 0.3 is 0 Å².